The Morgan fingerprint density at radius 3 is 2.62 bits per heavy atom. The standard InChI is InChI=1S/C5H9NOS/c1-4-3-5(2,8)7-6-4/h8H,3H2,1-2H3/t5-/m1/s1. The van der Waals surface area contributed by atoms with E-state index in [1.54, 1.807) is 0 Å². The Morgan fingerprint density at radius 2 is 2.50 bits per heavy atom. The summed E-state index contributed by atoms with van der Waals surface area (Å²) in [5.74, 6) is 0. The first-order chi connectivity index (χ1) is 3.60. The number of nitrogens with zero attached hydrogens (tertiary/aromatic N) is 1. The van der Waals surface area contributed by atoms with Crippen LogP contribution in [0.4, 0.5) is 0 Å². The molecule has 1 aliphatic heterocycles. The molecule has 46 valence electrons. The first-order valence-corrected chi connectivity index (χ1v) is 2.99. The highest BCUT2D eigenvalue weighted by Crippen LogP contribution is 2.26. The SMILES string of the molecule is CC1=NO[C@](C)(S)C1. The summed E-state index contributed by atoms with van der Waals surface area (Å²) in [6.45, 7) is 3.83. The van der Waals surface area contributed by atoms with Gasteiger partial charge in [-0.15, -0.1) is 12.6 Å². The van der Waals surface area contributed by atoms with Crippen LogP contribution in [-0.4, -0.2) is 10.6 Å². The van der Waals surface area contributed by atoms with Crippen LogP contribution in [0.1, 0.15) is 20.3 Å². The van der Waals surface area contributed by atoms with E-state index in [-0.39, 0.29) is 4.93 Å². The van der Waals surface area contributed by atoms with Crippen molar-refractivity contribution >= 4 is 18.3 Å². The minimum Gasteiger partial charge on any atom is -0.378 e. The number of thiol groups is 1. The molecule has 1 aliphatic rings. The lowest BCUT2D eigenvalue weighted by Crippen LogP contribution is -2.14. The normalized spacial score (nSPS) is 36.6. The van der Waals surface area contributed by atoms with E-state index in [2.05, 4.69) is 17.8 Å². The highest BCUT2D eigenvalue weighted by molar-refractivity contribution is 7.81. The largest absolute Gasteiger partial charge is 0.378 e. The average Bonchev–Trinajstić information content (AvgIpc) is 1.82. The van der Waals surface area contributed by atoms with Crippen LogP contribution >= 0.6 is 12.6 Å². The lowest BCUT2D eigenvalue weighted by Gasteiger charge is -2.11. The van der Waals surface area contributed by atoms with Crippen LogP contribution in [0.15, 0.2) is 5.16 Å². The second-order valence-electron chi connectivity index (χ2n) is 2.27. The molecule has 0 aliphatic carbocycles. The summed E-state index contributed by atoms with van der Waals surface area (Å²) in [5, 5.41) is 3.73. The Balaban J connectivity index is 2.55. The maximum atomic E-state index is 4.90. The molecule has 0 fully saturated rings. The molecule has 0 amide bonds. The third-order valence-corrected chi connectivity index (χ3v) is 1.22. The van der Waals surface area contributed by atoms with Crippen LogP contribution in [0.2, 0.25) is 0 Å². The van der Waals surface area contributed by atoms with Crippen molar-refractivity contribution < 1.29 is 4.84 Å². The van der Waals surface area contributed by atoms with E-state index in [0.29, 0.717) is 0 Å². The van der Waals surface area contributed by atoms with Crippen LogP contribution in [0, 0.1) is 0 Å². The molecule has 0 bridgehead atoms. The van der Waals surface area contributed by atoms with Gasteiger partial charge in [0.05, 0.1) is 5.71 Å². The summed E-state index contributed by atoms with van der Waals surface area (Å²) in [5.41, 5.74) is 1.02. The molecule has 0 aromatic rings. The first-order valence-electron chi connectivity index (χ1n) is 2.54. The molecular weight excluding hydrogens is 122 g/mol. The summed E-state index contributed by atoms with van der Waals surface area (Å²) in [6.07, 6.45) is 0.829. The fraction of sp³-hybridized carbons (Fsp3) is 0.800. The number of rotatable bonds is 0. The Morgan fingerprint density at radius 1 is 1.88 bits per heavy atom. The van der Waals surface area contributed by atoms with E-state index in [0.717, 1.165) is 12.1 Å². The zero-order chi connectivity index (χ0) is 6.20. The fourth-order valence-electron chi connectivity index (χ4n) is 0.715. The lowest BCUT2D eigenvalue weighted by molar-refractivity contribution is 0.0731. The fourth-order valence-corrected chi connectivity index (χ4v) is 0.985. The van der Waals surface area contributed by atoms with Crippen LogP contribution in [-0.2, 0) is 4.84 Å². The molecule has 0 aromatic heterocycles. The zero-order valence-electron chi connectivity index (χ0n) is 5.01. The van der Waals surface area contributed by atoms with Crippen LogP contribution < -0.4 is 0 Å². The van der Waals surface area contributed by atoms with Gasteiger partial charge in [0.1, 0.15) is 0 Å². The highest BCUT2D eigenvalue weighted by Gasteiger charge is 2.27. The summed E-state index contributed by atoms with van der Waals surface area (Å²) in [7, 11) is 0. The first kappa shape index (κ1) is 5.95. The van der Waals surface area contributed by atoms with Gasteiger partial charge in [0, 0.05) is 6.42 Å². The topological polar surface area (TPSA) is 21.6 Å². The second kappa shape index (κ2) is 1.65. The van der Waals surface area contributed by atoms with E-state index in [4.69, 9.17) is 4.84 Å². The van der Waals surface area contributed by atoms with E-state index in [9.17, 15) is 0 Å². The van der Waals surface area contributed by atoms with E-state index in [1.165, 1.54) is 0 Å². The number of hydrogen-bond donors (Lipinski definition) is 1. The van der Waals surface area contributed by atoms with E-state index in [1.807, 2.05) is 13.8 Å². The van der Waals surface area contributed by atoms with Crippen LogP contribution in [0.3, 0.4) is 0 Å². The van der Waals surface area contributed by atoms with Crippen molar-refractivity contribution in [2.24, 2.45) is 5.16 Å². The van der Waals surface area contributed by atoms with Crippen LogP contribution in [0.5, 0.6) is 0 Å². The van der Waals surface area contributed by atoms with Gasteiger partial charge in [-0.05, 0) is 13.8 Å². The number of oxime groups is 1. The zero-order valence-corrected chi connectivity index (χ0v) is 5.90. The van der Waals surface area contributed by atoms with Gasteiger partial charge in [-0.2, -0.15) is 0 Å². The Labute approximate surface area is 54.3 Å². The third-order valence-electron chi connectivity index (χ3n) is 0.982. The second-order valence-corrected chi connectivity index (χ2v) is 3.22. The quantitative estimate of drug-likeness (QED) is 0.493. The molecule has 0 saturated heterocycles. The van der Waals surface area contributed by atoms with Crippen molar-refractivity contribution in [3.8, 4) is 0 Å². The predicted molar refractivity (Wildman–Crippen MR) is 36.2 cm³/mol. The summed E-state index contributed by atoms with van der Waals surface area (Å²) in [6, 6.07) is 0. The number of hydrogen-bond acceptors (Lipinski definition) is 3. The summed E-state index contributed by atoms with van der Waals surface area (Å²) in [4.78, 5) is 4.56. The predicted octanol–water partition coefficient (Wildman–Crippen LogP) is 1.43. The molecule has 2 nitrogen and oxygen atoms in total. The molecule has 3 heteroatoms. The van der Waals surface area contributed by atoms with Crippen molar-refractivity contribution in [1.82, 2.24) is 0 Å². The van der Waals surface area contributed by atoms with Gasteiger partial charge in [0.25, 0.3) is 0 Å². The summed E-state index contributed by atoms with van der Waals surface area (Å²) < 4.78 is 0. The molecule has 1 atom stereocenters. The van der Waals surface area contributed by atoms with E-state index >= 15 is 0 Å². The third kappa shape index (κ3) is 1.15. The molecule has 1 rings (SSSR count). The average molecular weight is 131 g/mol. The van der Waals surface area contributed by atoms with Gasteiger partial charge in [-0.3, -0.25) is 0 Å². The molecule has 0 radical (unpaired) electrons. The van der Waals surface area contributed by atoms with Crippen molar-refractivity contribution in [1.29, 1.82) is 0 Å². The minimum atomic E-state index is -0.343. The Bertz CT molecular complexity index is 130. The molecule has 1 heterocycles. The minimum absolute atomic E-state index is 0.343. The lowest BCUT2D eigenvalue weighted by atomic mass is 10.2. The maximum absolute atomic E-state index is 4.90. The molecule has 0 N–H and O–H groups in total. The molecule has 0 unspecified atom stereocenters. The smallest absolute Gasteiger partial charge is 0.182 e. The van der Waals surface area contributed by atoms with Crippen molar-refractivity contribution in [2.45, 2.75) is 25.2 Å². The van der Waals surface area contributed by atoms with Gasteiger partial charge >= 0.3 is 0 Å². The van der Waals surface area contributed by atoms with E-state index < -0.39 is 0 Å². The van der Waals surface area contributed by atoms with Gasteiger partial charge in [-0.1, -0.05) is 5.16 Å². The Hall–Kier alpha value is -0.180. The molecule has 0 aromatic carbocycles. The monoisotopic (exact) mass is 131 g/mol. The molecular formula is C5H9NOS. The molecule has 8 heavy (non-hydrogen) atoms. The van der Waals surface area contributed by atoms with Crippen LogP contribution in [0.25, 0.3) is 0 Å². The van der Waals surface area contributed by atoms with Crippen molar-refractivity contribution in [3.63, 3.8) is 0 Å². The molecule has 0 spiro atoms. The van der Waals surface area contributed by atoms with Gasteiger partial charge in [-0.25, -0.2) is 0 Å². The van der Waals surface area contributed by atoms with Gasteiger partial charge in [0.15, 0.2) is 4.93 Å². The van der Waals surface area contributed by atoms with Gasteiger partial charge < -0.3 is 4.84 Å². The highest BCUT2D eigenvalue weighted by atomic mass is 32.1. The van der Waals surface area contributed by atoms with Gasteiger partial charge in [0.2, 0.25) is 0 Å². The Kier molecular flexibility index (Phi) is 1.23. The molecule has 0 saturated carbocycles. The summed E-state index contributed by atoms with van der Waals surface area (Å²) >= 11 is 4.17. The van der Waals surface area contributed by atoms with Crippen molar-refractivity contribution in [2.75, 3.05) is 0 Å². The van der Waals surface area contributed by atoms with Crippen molar-refractivity contribution in [3.05, 3.63) is 0 Å². The maximum Gasteiger partial charge on any atom is 0.182 e.